The van der Waals surface area contributed by atoms with E-state index in [-0.39, 0.29) is 5.78 Å². The molecule has 0 N–H and O–H groups in total. The first-order valence-electron chi connectivity index (χ1n) is 10.0. The maximum atomic E-state index is 13.5. The Hall–Kier alpha value is -3.90. The van der Waals surface area contributed by atoms with Crippen LogP contribution in [0, 0.1) is 0 Å². The number of ketones is 1. The fourth-order valence-electron chi connectivity index (χ4n) is 3.71. The molecule has 0 saturated heterocycles. The molecule has 0 aliphatic rings. The van der Waals surface area contributed by atoms with E-state index in [0.717, 1.165) is 16.5 Å². The molecule has 32 heavy (non-hydrogen) atoms. The second-order valence-corrected chi connectivity index (χ2v) is 7.81. The molecule has 0 spiro atoms. The molecule has 0 saturated carbocycles. The average molecular weight is 443 g/mol. The van der Waals surface area contributed by atoms with Gasteiger partial charge in [0.1, 0.15) is 5.75 Å². The third-order valence-corrected chi connectivity index (χ3v) is 5.58. The Morgan fingerprint density at radius 1 is 1.06 bits per heavy atom. The summed E-state index contributed by atoms with van der Waals surface area (Å²) < 4.78 is 9.07. The van der Waals surface area contributed by atoms with Gasteiger partial charge in [-0.15, -0.1) is 0 Å². The van der Waals surface area contributed by atoms with E-state index < -0.39 is 0 Å². The Labute approximate surface area is 189 Å². The molecule has 0 amide bonds. The van der Waals surface area contributed by atoms with Crippen LogP contribution in [0.3, 0.4) is 0 Å². The Balaban J connectivity index is 1.56. The minimum atomic E-state index is -0.111. The summed E-state index contributed by atoms with van der Waals surface area (Å²) in [5.74, 6) is 1.23. The van der Waals surface area contributed by atoms with Crippen molar-refractivity contribution in [1.82, 2.24) is 19.3 Å². The first-order valence-corrected chi connectivity index (χ1v) is 10.4. The van der Waals surface area contributed by atoms with Gasteiger partial charge in [-0.05, 0) is 48.0 Å². The van der Waals surface area contributed by atoms with Crippen LogP contribution in [0.4, 0.5) is 0 Å². The van der Waals surface area contributed by atoms with Gasteiger partial charge < -0.3 is 9.30 Å². The van der Waals surface area contributed by atoms with Gasteiger partial charge >= 0.3 is 0 Å². The first-order chi connectivity index (χ1) is 15.6. The van der Waals surface area contributed by atoms with E-state index in [2.05, 4.69) is 14.6 Å². The van der Waals surface area contributed by atoms with Gasteiger partial charge in [-0.1, -0.05) is 29.8 Å². The Kier molecular flexibility index (Phi) is 5.21. The number of methoxy groups -OCH3 is 1. The lowest BCUT2D eigenvalue weighted by molar-refractivity contribution is 0.104. The summed E-state index contributed by atoms with van der Waals surface area (Å²) in [5.41, 5.74) is 3.11. The molecule has 5 rings (SSSR count). The van der Waals surface area contributed by atoms with Crippen molar-refractivity contribution < 1.29 is 9.53 Å². The zero-order chi connectivity index (χ0) is 22.1. The van der Waals surface area contributed by atoms with Crippen LogP contribution in [0.1, 0.15) is 21.5 Å². The van der Waals surface area contributed by atoms with Gasteiger partial charge in [0.2, 0.25) is 0 Å². The van der Waals surface area contributed by atoms with Gasteiger partial charge in [0.15, 0.2) is 11.6 Å². The number of fused-ring (bicyclic) bond motifs is 1. The Bertz CT molecular complexity index is 1410. The normalized spacial score (nSPS) is 11.1. The Morgan fingerprint density at radius 2 is 1.91 bits per heavy atom. The summed E-state index contributed by atoms with van der Waals surface area (Å²) in [5, 5.41) is 5.84. The number of aromatic nitrogens is 4. The van der Waals surface area contributed by atoms with Gasteiger partial charge in [0.25, 0.3) is 0 Å². The number of benzene rings is 2. The molecule has 3 aromatic heterocycles. The SMILES string of the molecule is COc1ccc2c(c1)c(C(=O)c1cnn(-c3ccccn3)c1)cn2Cc1ccc(Cl)cc1. The lowest BCUT2D eigenvalue weighted by Crippen LogP contribution is -2.01. The van der Waals surface area contributed by atoms with E-state index in [1.54, 1.807) is 30.4 Å². The van der Waals surface area contributed by atoms with Gasteiger partial charge in [0, 0.05) is 46.6 Å². The summed E-state index contributed by atoms with van der Waals surface area (Å²) in [6, 6.07) is 19.0. The molecule has 7 heteroatoms. The number of halogens is 1. The second kappa shape index (κ2) is 8.32. The summed E-state index contributed by atoms with van der Waals surface area (Å²) in [7, 11) is 1.62. The topological polar surface area (TPSA) is 61.9 Å². The van der Waals surface area contributed by atoms with Crippen molar-refractivity contribution in [3.05, 3.63) is 107 Å². The molecule has 3 heterocycles. The van der Waals surface area contributed by atoms with Crippen LogP contribution in [-0.4, -0.2) is 32.2 Å². The molecule has 0 radical (unpaired) electrons. The smallest absolute Gasteiger partial charge is 0.198 e. The zero-order valence-corrected chi connectivity index (χ0v) is 18.0. The molecule has 0 aliphatic carbocycles. The highest BCUT2D eigenvalue weighted by atomic mass is 35.5. The molecule has 5 aromatic rings. The van der Waals surface area contributed by atoms with Crippen LogP contribution in [-0.2, 0) is 6.54 Å². The van der Waals surface area contributed by atoms with Gasteiger partial charge in [-0.25, -0.2) is 9.67 Å². The number of carbonyl (C=O) groups is 1. The van der Waals surface area contributed by atoms with Crippen molar-refractivity contribution in [2.24, 2.45) is 0 Å². The number of hydrogen-bond donors (Lipinski definition) is 0. The fraction of sp³-hybridized carbons (Fsp3) is 0.0800. The summed E-state index contributed by atoms with van der Waals surface area (Å²) in [4.78, 5) is 17.8. The van der Waals surface area contributed by atoms with Crippen molar-refractivity contribution in [1.29, 1.82) is 0 Å². The molecule has 2 aromatic carbocycles. The van der Waals surface area contributed by atoms with Gasteiger partial charge in [-0.3, -0.25) is 4.79 Å². The van der Waals surface area contributed by atoms with E-state index in [4.69, 9.17) is 16.3 Å². The van der Waals surface area contributed by atoms with Crippen LogP contribution in [0.2, 0.25) is 5.02 Å². The van der Waals surface area contributed by atoms with Crippen LogP contribution < -0.4 is 4.74 Å². The molecule has 0 bridgehead atoms. The predicted octanol–water partition coefficient (Wildman–Crippen LogP) is 5.16. The minimum Gasteiger partial charge on any atom is -0.497 e. The molecule has 6 nitrogen and oxygen atoms in total. The van der Waals surface area contributed by atoms with Crippen LogP contribution >= 0.6 is 11.6 Å². The standard InChI is InChI=1S/C25H19ClN4O2/c1-32-20-9-10-23-21(12-20)22(16-29(23)14-17-5-7-19(26)8-6-17)25(31)18-13-28-30(15-18)24-4-2-3-11-27-24/h2-13,15-16H,14H2,1H3. The molecular weight excluding hydrogens is 424 g/mol. The largest absolute Gasteiger partial charge is 0.497 e. The van der Waals surface area contributed by atoms with E-state index in [9.17, 15) is 4.79 Å². The van der Waals surface area contributed by atoms with Crippen molar-refractivity contribution >= 4 is 28.3 Å². The van der Waals surface area contributed by atoms with Crippen LogP contribution in [0.5, 0.6) is 5.75 Å². The lowest BCUT2D eigenvalue weighted by Gasteiger charge is -2.06. The summed E-state index contributed by atoms with van der Waals surface area (Å²) in [6.07, 6.45) is 6.85. The summed E-state index contributed by atoms with van der Waals surface area (Å²) >= 11 is 6.03. The maximum absolute atomic E-state index is 13.5. The number of ether oxygens (including phenoxy) is 1. The quantitative estimate of drug-likeness (QED) is 0.341. The lowest BCUT2D eigenvalue weighted by atomic mass is 10.1. The van der Waals surface area contributed by atoms with Gasteiger partial charge in [0.05, 0.1) is 18.9 Å². The van der Waals surface area contributed by atoms with E-state index in [0.29, 0.717) is 34.3 Å². The third kappa shape index (κ3) is 3.76. The van der Waals surface area contributed by atoms with E-state index in [1.807, 2.05) is 66.9 Å². The van der Waals surface area contributed by atoms with Crippen LogP contribution in [0.25, 0.3) is 16.7 Å². The number of carbonyl (C=O) groups excluding carboxylic acids is 1. The minimum absolute atomic E-state index is 0.111. The van der Waals surface area contributed by atoms with E-state index >= 15 is 0 Å². The molecule has 0 fully saturated rings. The first kappa shape index (κ1) is 20.0. The molecule has 0 unspecified atom stereocenters. The van der Waals surface area contributed by atoms with Crippen LogP contribution in [0.15, 0.2) is 85.5 Å². The molecule has 0 aliphatic heterocycles. The van der Waals surface area contributed by atoms with Crippen molar-refractivity contribution in [3.8, 4) is 11.6 Å². The fourth-order valence-corrected chi connectivity index (χ4v) is 3.84. The summed E-state index contributed by atoms with van der Waals surface area (Å²) in [6.45, 7) is 0.612. The monoisotopic (exact) mass is 442 g/mol. The molecular formula is C25H19ClN4O2. The zero-order valence-electron chi connectivity index (χ0n) is 17.3. The third-order valence-electron chi connectivity index (χ3n) is 5.33. The number of pyridine rings is 1. The van der Waals surface area contributed by atoms with Crippen molar-refractivity contribution in [3.63, 3.8) is 0 Å². The molecule has 158 valence electrons. The van der Waals surface area contributed by atoms with Crippen molar-refractivity contribution in [2.75, 3.05) is 7.11 Å². The van der Waals surface area contributed by atoms with E-state index in [1.165, 1.54) is 0 Å². The van der Waals surface area contributed by atoms with Gasteiger partial charge in [-0.2, -0.15) is 5.10 Å². The number of hydrogen-bond acceptors (Lipinski definition) is 4. The molecule has 0 atom stereocenters. The highest BCUT2D eigenvalue weighted by molar-refractivity contribution is 6.30. The Morgan fingerprint density at radius 3 is 2.66 bits per heavy atom. The number of nitrogens with zero attached hydrogens (tertiary/aromatic N) is 4. The average Bonchev–Trinajstić information content (AvgIpc) is 3.46. The maximum Gasteiger partial charge on any atom is 0.198 e. The van der Waals surface area contributed by atoms with Crippen molar-refractivity contribution in [2.45, 2.75) is 6.54 Å². The highest BCUT2D eigenvalue weighted by Gasteiger charge is 2.19. The second-order valence-electron chi connectivity index (χ2n) is 7.37. The highest BCUT2D eigenvalue weighted by Crippen LogP contribution is 2.29. The predicted molar refractivity (Wildman–Crippen MR) is 124 cm³/mol. The number of rotatable bonds is 6.